The highest BCUT2D eigenvalue weighted by Crippen LogP contribution is 2.21. The molecule has 0 fully saturated rings. The summed E-state index contributed by atoms with van der Waals surface area (Å²) in [5.74, 6) is 2.62. The van der Waals surface area contributed by atoms with Gasteiger partial charge in [-0.1, -0.05) is 18.2 Å². The molecule has 1 N–H and O–H groups in total. The Kier molecular flexibility index (Phi) is 4.51. The van der Waals surface area contributed by atoms with E-state index in [-0.39, 0.29) is 5.91 Å². The molecule has 1 aromatic carbocycles. The third-order valence-corrected chi connectivity index (χ3v) is 3.85. The number of benzene rings is 1. The van der Waals surface area contributed by atoms with Gasteiger partial charge in [0.25, 0.3) is 5.91 Å². The quantitative estimate of drug-likeness (QED) is 0.774. The van der Waals surface area contributed by atoms with Crippen LogP contribution in [0.1, 0.15) is 33.3 Å². The summed E-state index contributed by atoms with van der Waals surface area (Å²) in [6.07, 6.45) is 0.615. The zero-order valence-corrected chi connectivity index (χ0v) is 14.1. The first-order valence-electron chi connectivity index (χ1n) is 7.91. The fourth-order valence-corrected chi connectivity index (χ4v) is 2.61. The summed E-state index contributed by atoms with van der Waals surface area (Å²) < 4.78 is 11.1. The Morgan fingerprint density at radius 3 is 2.50 bits per heavy atom. The van der Waals surface area contributed by atoms with Gasteiger partial charge < -0.3 is 14.2 Å². The maximum absolute atomic E-state index is 12.2. The molecule has 5 heteroatoms. The van der Waals surface area contributed by atoms with Crippen molar-refractivity contribution in [3.63, 3.8) is 0 Å². The van der Waals surface area contributed by atoms with E-state index < -0.39 is 0 Å². The highest BCUT2D eigenvalue weighted by molar-refractivity contribution is 5.95. The summed E-state index contributed by atoms with van der Waals surface area (Å²) in [6.45, 7) is 5.99. The van der Waals surface area contributed by atoms with Gasteiger partial charge in [-0.15, -0.1) is 0 Å². The zero-order chi connectivity index (χ0) is 17.1. The van der Waals surface area contributed by atoms with Crippen molar-refractivity contribution in [3.05, 3.63) is 64.9 Å². The van der Waals surface area contributed by atoms with Gasteiger partial charge in [-0.2, -0.15) is 0 Å². The number of carbonyl (C=O) groups excluding carboxylic acids is 1. The second-order valence-electron chi connectivity index (χ2n) is 5.72. The molecule has 0 saturated heterocycles. The summed E-state index contributed by atoms with van der Waals surface area (Å²) in [4.78, 5) is 16.7. The molecule has 0 bridgehead atoms. The number of nitrogens with zero attached hydrogens (tertiary/aromatic N) is 1. The van der Waals surface area contributed by atoms with Crippen LogP contribution in [0, 0.1) is 20.8 Å². The Morgan fingerprint density at radius 2 is 1.83 bits per heavy atom. The average molecular weight is 324 g/mol. The van der Waals surface area contributed by atoms with Gasteiger partial charge in [-0.3, -0.25) is 4.79 Å². The van der Waals surface area contributed by atoms with Crippen LogP contribution in [-0.2, 0) is 6.42 Å². The summed E-state index contributed by atoms with van der Waals surface area (Å²) in [5.41, 5.74) is 2.38. The van der Waals surface area contributed by atoms with Crippen molar-refractivity contribution in [2.24, 2.45) is 0 Å². The first kappa shape index (κ1) is 16.1. The van der Waals surface area contributed by atoms with E-state index in [2.05, 4.69) is 10.3 Å². The Hall–Kier alpha value is -2.82. The molecule has 3 aromatic rings. The van der Waals surface area contributed by atoms with Gasteiger partial charge in [-0.25, -0.2) is 4.98 Å². The molecular weight excluding hydrogens is 304 g/mol. The van der Waals surface area contributed by atoms with Gasteiger partial charge in [0, 0.05) is 18.5 Å². The van der Waals surface area contributed by atoms with Crippen molar-refractivity contribution in [3.8, 4) is 11.5 Å². The topological polar surface area (TPSA) is 68.3 Å². The first-order chi connectivity index (χ1) is 11.5. The summed E-state index contributed by atoms with van der Waals surface area (Å²) >= 11 is 0. The lowest BCUT2D eigenvalue weighted by Gasteiger charge is -2.02. The molecule has 1 amide bonds. The molecule has 2 heterocycles. The van der Waals surface area contributed by atoms with E-state index in [4.69, 9.17) is 8.83 Å². The number of carbonyl (C=O) groups is 1. The van der Waals surface area contributed by atoms with Crippen LogP contribution in [0.15, 0.2) is 45.2 Å². The van der Waals surface area contributed by atoms with Gasteiger partial charge in [-0.05, 0) is 39.0 Å². The van der Waals surface area contributed by atoms with Crippen LogP contribution < -0.4 is 5.32 Å². The number of nitrogens with one attached hydrogen (secondary N) is 1. The van der Waals surface area contributed by atoms with Gasteiger partial charge in [0.05, 0.1) is 11.3 Å². The van der Waals surface area contributed by atoms with Gasteiger partial charge in [0.15, 0.2) is 0 Å². The van der Waals surface area contributed by atoms with E-state index in [1.807, 2.05) is 44.2 Å². The van der Waals surface area contributed by atoms with Gasteiger partial charge >= 0.3 is 0 Å². The maximum Gasteiger partial charge on any atom is 0.254 e. The molecule has 0 aliphatic rings. The van der Waals surface area contributed by atoms with Crippen LogP contribution in [0.5, 0.6) is 0 Å². The third-order valence-electron chi connectivity index (χ3n) is 3.85. The number of hydrogen-bond donors (Lipinski definition) is 1. The number of rotatable bonds is 5. The molecule has 0 radical (unpaired) electrons. The lowest BCUT2D eigenvalue weighted by atomic mass is 10.2. The van der Waals surface area contributed by atoms with Crippen LogP contribution in [0.4, 0.5) is 0 Å². The minimum absolute atomic E-state index is 0.131. The molecule has 0 unspecified atom stereocenters. The molecule has 0 aliphatic carbocycles. The average Bonchev–Trinajstić information content (AvgIpc) is 3.10. The normalized spacial score (nSPS) is 10.8. The number of aromatic nitrogens is 1. The predicted molar refractivity (Wildman–Crippen MR) is 90.9 cm³/mol. The fraction of sp³-hybridized carbons (Fsp3) is 0.263. The molecule has 5 nitrogen and oxygen atoms in total. The van der Waals surface area contributed by atoms with Crippen LogP contribution in [0.2, 0.25) is 0 Å². The lowest BCUT2D eigenvalue weighted by molar-refractivity contribution is 0.0952. The number of oxazole rings is 1. The zero-order valence-electron chi connectivity index (χ0n) is 14.1. The van der Waals surface area contributed by atoms with Crippen molar-refractivity contribution in [1.82, 2.24) is 10.3 Å². The number of aryl methyl sites for hydroxylation is 3. The SMILES string of the molecule is Cc1cc(C(=O)NCCc2nc(-c3ccccc3)oc2C)c(C)o1. The van der Waals surface area contributed by atoms with Crippen molar-refractivity contribution in [1.29, 1.82) is 0 Å². The Bertz CT molecular complexity index is 847. The van der Waals surface area contributed by atoms with Crippen molar-refractivity contribution in [2.45, 2.75) is 27.2 Å². The Labute approximate surface area is 140 Å². The summed E-state index contributed by atoms with van der Waals surface area (Å²) in [6, 6.07) is 11.5. The van der Waals surface area contributed by atoms with Gasteiger partial charge in [0.1, 0.15) is 17.3 Å². The maximum atomic E-state index is 12.2. The third kappa shape index (κ3) is 3.40. The molecule has 0 spiro atoms. The van der Waals surface area contributed by atoms with Gasteiger partial charge in [0.2, 0.25) is 5.89 Å². The largest absolute Gasteiger partial charge is 0.466 e. The van der Waals surface area contributed by atoms with E-state index >= 15 is 0 Å². The Balaban J connectivity index is 1.62. The number of hydrogen-bond acceptors (Lipinski definition) is 4. The molecule has 24 heavy (non-hydrogen) atoms. The number of furan rings is 1. The summed E-state index contributed by atoms with van der Waals surface area (Å²) in [7, 11) is 0. The highest BCUT2D eigenvalue weighted by Gasteiger charge is 2.14. The standard InChI is InChI=1S/C19H20N2O3/c1-12-11-16(13(2)23-12)18(22)20-10-9-17-14(3)24-19(21-17)15-7-5-4-6-8-15/h4-8,11H,9-10H2,1-3H3,(H,20,22). The van der Waals surface area contributed by atoms with Crippen LogP contribution in [0.3, 0.4) is 0 Å². The summed E-state index contributed by atoms with van der Waals surface area (Å²) in [5, 5.41) is 2.90. The van der Waals surface area contributed by atoms with Crippen molar-refractivity contribution < 1.29 is 13.6 Å². The monoisotopic (exact) mass is 324 g/mol. The van der Waals surface area contributed by atoms with E-state index in [9.17, 15) is 4.79 Å². The molecule has 2 aromatic heterocycles. The van der Waals surface area contributed by atoms with E-state index in [1.165, 1.54) is 0 Å². The fourth-order valence-electron chi connectivity index (χ4n) is 2.61. The van der Waals surface area contributed by atoms with E-state index in [1.54, 1.807) is 13.0 Å². The second-order valence-corrected chi connectivity index (χ2v) is 5.72. The Morgan fingerprint density at radius 1 is 1.08 bits per heavy atom. The van der Waals surface area contributed by atoms with Crippen LogP contribution >= 0.6 is 0 Å². The first-order valence-corrected chi connectivity index (χ1v) is 7.91. The second kappa shape index (κ2) is 6.74. The number of amides is 1. The van der Waals surface area contributed by atoms with E-state index in [0.29, 0.717) is 30.2 Å². The van der Waals surface area contributed by atoms with Crippen molar-refractivity contribution >= 4 is 5.91 Å². The predicted octanol–water partition coefficient (Wildman–Crippen LogP) is 3.83. The molecular formula is C19H20N2O3. The molecule has 0 atom stereocenters. The van der Waals surface area contributed by atoms with Crippen LogP contribution in [0.25, 0.3) is 11.5 Å². The smallest absolute Gasteiger partial charge is 0.254 e. The molecule has 0 aliphatic heterocycles. The van der Waals surface area contributed by atoms with E-state index in [0.717, 1.165) is 22.8 Å². The van der Waals surface area contributed by atoms with Crippen LogP contribution in [-0.4, -0.2) is 17.4 Å². The minimum atomic E-state index is -0.131. The molecule has 124 valence electrons. The molecule has 3 rings (SSSR count). The van der Waals surface area contributed by atoms with Crippen molar-refractivity contribution in [2.75, 3.05) is 6.54 Å². The minimum Gasteiger partial charge on any atom is -0.466 e. The lowest BCUT2D eigenvalue weighted by Crippen LogP contribution is -2.26. The molecule has 0 saturated carbocycles. The highest BCUT2D eigenvalue weighted by atomic mass is 16.4.